The smallest absolute Gasteiger partial charge is 0.134 e. The van der Waals surface area contributed by atoms with E-state index in [2.05, 4.69) is 15.9 Å². The molecule has 2 aromatic rings. The van der Waals surface area contributed by atoms with Crippen LogP contribution in [0.5, 0.6) is 11.5 Å². The van der Waals surface area contributed by atoms with Crippen molar-refractivity contribution in [1.29, 1.82) is 0 Å². The number of nitrogens with two attached hydrogens (primary N) is 1. The molecule has 0 amide bonds. The lowest BCUT2D eigenvalue weighted by atomic mass is 9.93. The largest absolute Gasteiger partial charge is 0.506 e. The fraction of sp³-hybridized carbons (Fsp3) is 0.200. The quantitative estimate of drug-likeness (QED) is 0.801. The summed E-state index contributed by atoms with van der Waals surface area (Å²) in [5, 5.41) is 9.80. The zero-order chi connectivity index (χ0) is 14.3. The van der Waals surface area contributed by atoms with Crippen molar-refractivity contribution in [2.24, 2.45) is 5.73 Å². The van der Waals surface area contributed by atoms with Gasteiger partial charge in [-0.1, -0.05) is 39.7 Å². The van der Waals surface area contributed by atoms with Gasteiger partial charge in [-0.2, -0.15) is 0 Å². The minimum Gasteiger partial charge on any atom is -0.506 e. The second-order valence-corrected chi connectivity index (χ2v) is 6.16. The molecule has 3 rings (SSSR count). The lowest BCUT2D eigenvalue weighted by Gasteiger charge is -2.30. The van der Waals surface area contributed by atoms with Gasteiger partial charge >= 0.3 is 0 Å². The van der Waals surface area contributed by atoms with Gasteiger partial charge in [0.2, 0.25) is 0 Å². The molecule has 0 radical (unpaired) electrons. The summed E-state index contributed by atoms with van der Waals surface area (Å²) >= 11 is 9.38. The number of ether oxygens (including phenoxy) is 1. The Hall–Kier alpha value is -1.23. The number of halogens is 2. The maximum absolute atomic E-state index is 9.48. The summed E-state index contributed by atoms with van der Waals surface area (Å²) in [4.78, 5) is 0. The van der Waals surface area contributed by atoms with Crippen LogP contribution in [0.4, 0.5) is 0 Å². The summed E-state index contributed by atoms with van der Waals surface area (Å²) in [6, 6.07) is 10.9. The monoisotopic (exact) mass is 353 g/mol. The van der Waals surface area contributed by atoms with Crippen molar-refractivity contribution in [1.82, 2.24) is 0 Å². The van der Waals surface area contributed by atoms with Gasteiger partial charge in [0, 0.05) is 22.5 Å². The molecular weight excluding hydrogens is 342 g/mol. The Morgan fingerprint density at radius 1 is 1.25 bits per heavy atom. The molecule has 104 valence electrons. The first-order valence-electron chi connectivity index (χ1n) is 6.24. The Kier molecular flexibility index (Phi) is 3.63. The minimum atomic E-state index is -0.162. The van der Waals surface area contributed by atoms with E-state index in [-0.39, 0.29) is 17.9 Å². The van der Waals surface area contributed by atoms with Gasteiger partial charge in [-0.05, 0) is 29.8 Å². The SMILES string of the molecule is NC1CC(c2ccc(O)c(Cl)c2)Oc2cc(Br)ccc21. The molecule has 0 aromatic heterocycles. The highest BCUT2D eigenvalue weighted by atomic mass is 79.9. The van der Waals surface area contributed by atoms with Gasteiger partial charge in [0.1, 0.15) is 17.6 Å². The maximum Gasteiger partial charge on any atom is 0.134 e. The predicted molar refractivity (Wildman–Crippen MR) is 82.2 cm³/mol. The normalized spacial score (nSPS) is 21.1. The molecule has 1 aliphatic rings. The van der Waals surface area contributed by atoms with E-state index in [0.29, 0.717) is 11.4 Å². The maximum atomic E-state index is 9.48. The van der Waals surface area contributed by atoms with Gasteiger partial charge < -0.3 is 15.6 Å². The Labute approximate surface area is 130 Å². The highest BCUT2D eigenvalue weighted by Crippen LogP contribution is 2.41. The van der Waals surface area contributed by atoms with Crippen molar-refractivity contribution >= 4 is 27.5 Å². The summed E-state index contributed by atoms with van der Waals surface area (Å²) in [5.41, 5.74) is 8.13. The second-order valence-electron chi connectivity index (χ2n) is 4.84. The van der Waals surface area contributed by atoms with Crippen molar-refractivity contribution in [2.45, 2.75) is 18.6 Å². The molecule has 0 bridgehead atoms. The van der Waals surface area contributed by atoms with Crippen LogP contribution in [0.25, 0.3) is 0 Å². The molecule has 0 fully saturated rings. The molecule has 0 saturated carbocycles. The number of rotatable bonds is 1. The summed E-state index contributed by atoms with van der Waals surface area (Å²) < 4.78 is 6.97. The van der Waals surface area contributed by atoms with E-state index in [1.807, 2.05) is 24.3 Å². The third-order valence-corrected chi connectivity index (χ3v) is 4.25. The topological polar surface area (TPSA) is 55.5 Å². The van der Waals surface area contributed by atoms with Gasteiger partial charge in [-0.3, -0.25) is 0 Å². The van der Waals surface area contributed by atoms with E-state index < -0.39 is 0 Å². The molecule has 0 saturated heterocycles. The molecule has 0 aliphatic carbocycles. The Balaban J connectivity index is 1.96. The molecular formula is C15H13BrClNO2. The lowest BCUT2D eigenvalue weighted by Crippen LogP contribution is -2.24. The van der Waals surface area contributed by atoms with Gasteiger partial charge in [-0.15, -0.1) is 0 Å². The molecule has 2 atom stereocenters. The first kappa shape index (κ1) is 13.7. The molecule has 5 heteroatoms. The fourth-order valence-electron chi connectivity index (χ4n) is 2.40. The highest BCUT2D eigenvalue weighted by Gasteiger charge is 2.27. The Morgan fingerprint density at radius 3 is 2.80 bits per heavy atom. The van der Waals surface area contributed by atoms with Crippen LogP contribution in [0.15, 0.2) is 40.9 Å². The molecule has 0 spiro atoms. The second kappa shape index (κ2) is 5.28. The first-order chi connectivity index (χ1) is 9.54. The predicted octanol–water partition coefficient (Wildman–Crippen LogP) is 4.33. The van der Waals surface area contributed by atoms with E-state index in [9.17, 15) is 5.11 Å². The van der Waals surface area contributed by atoms with Crippen LogP contribution in [0.1, 0.15) is 29.7 Å². The summed E-state index contributed by atoms with van der Waals surface area (Å²) in [6.45, 7) is 0. The molecule has 3 N–H and O–H groups in total. The summed E-state index contributed by atoms with van der Waals surface area (Å²) in [7, 11) is 0. The standard InChI is InChI=1S/C15H13BrClNO2/c16-9-2-3-10-12(18)7-14(20-15(10)6-9)8-1-4-13(19)11(17)5-8/h1-6,12,14,19H,7,18H2. The highest BCUT2D eigenvalue weighted by molar-refractivity contribution is 9.10. The minimum absolute atomic E-state index is 0.0682. The number of hydrogen-bond donors (Lipinski definition) is 2. The first-order valence-corrected chi connectivity index (χ1v) is 7.42. The van der Waals surface area contributed by atoms with E-state index in [1.165, 1.54) is 0 Å². The molecule has 1 heterocycles. The Bertz CT molecular complexity index is 662. The van der Waals surface area contributed by atoms with E-state index in [4.69, 9.17) is 22.1 Å². The molecule has 20 heavy (non-hydrogen) atoms. The van der Waals surface area contributed by atoms with E-state index in [0.717, 1.165) is 21.3 Å². The average Bonchev–Trinajstić information content (AvgIpc) is 2.41. The fourth-order valence-corrected chi connectivity index (χ4v) is 2.93. The van der Waals surface area contributed by atoms with Crippen LogP contribution in [0.3, 0.4) is 0 Å². The van der Waals surface area contributed by atoms with Crippen molar-refractivity contribution in [3.63, 3.8) is 0 Å². The zero-order valence-electron chi connectivity index (χ0n) is 10.5. The van der Waals surface area contributed by atoms with Crippen LogP contribution < -0.4 is 10.5 Å². The third-order valence-electron chi connectivity index (χ3n) is 3.46. The van der Waals surface area contributed by atoms with Crippen LogP contribution in [-0.4, -0.2) is 5.11 Å². The summed E-state index contributed by atoms with van der Waals surface area (Å²) in [5.74, 6) is 0.853. The molecule has 3 nitrogen and oxygen atoms in total. The van der Waals surface area contributed by atoms with Crippen LogP contribution >= 0.6 is 27.5 Å². The lowest BCUT2D eigenvalue weighted by molar-refractivity contribution is 0.161. The van der Waals surface area contributed by atoms with Crippen molar-refractivity contribution in [3.8, 4) is 11.5 Å². The number of aromatic hydroxyl groups is 1. The number of phenolic OH excluding ortho intramolecular Hbond substituents is 1. The van der Waals surface area contributed by atoms with Crippen LogP contribution in [0, 0.1) is 0 Å². The van der Waals surface area contributed by atoms with Crippen molar-refractivity contribution in [2.75, 3.05) is 0 Å². The van der Waals surface area contributed by atoms with Crippen molar-refractivity contribution < 1.29 is 9.84 Å². The molecule has 1 aliphatic heterocycles. The van der Waals surface area contributed by atoms with Crippen molar-refractivity contribution in [3.05, 3.63) is 57.0 Å². The van der Waals surface area contributed by atoms with Gasteiger partial charge in [-0.25, -0.2) is 0 Å². The van der Waals surface area contributed by atoms with E-state index >= 15 is 0 Å². The van der Waals surface area contributed by atoms with Crippen LogP contribution in [0.2, 0.25) is 5.02 Å². The molecule has 2 unspecified atom stereocenters. The number of fused-ring (bicyclic) bond motifs is 1. The van der Waals surface area contributed by atoms with Gasteiger partial charge in [0.15, 0.2) is 0 Å². The third kappa shape index (κ3) is 2.51. The van der Waals surface area contributed by atoms with E-state index in [1.54, 1.807) is 12.1 Å². The number of hydrogen-bond acceptors (Lipinski definition) is 3. The number of phenols is 1. The number of benzene rings is 2. The average molecular weight is 355 g/mol. The van der Waals surface area contributed by atoms with Crippen LogP contribution in [-0.2, 0) is 0 Å². The zero-order valence-corrected chi connectivity index (χ0v) is 12.9. The Morgan fingerprint density at radius 2 is 2.05 bits per heavy atom. The molecule has 2 aromatic carbocycles. The van der Waals surface area contributed by atoms with Gasteiger partial charge in [0.25, 0.3) is 0 Å². The van der Waals surface area contributed by atoms with Gasteiger partial charge in [0.05, 0.1) is 5.02 Å². The summed E-state index contributed by atoms with van der Waals surface area (Å²) in [6.07, 6.45) is 0.514.